The molecule has 0 atom stereocenters. The molecule has 7 aromatic heterocycles. The van der Waals surface area contributed by atoms with Crippen LogP contribution >= 0.6 is 47.2 Å². The second-order valence-electron chi connectivity index (χ2n) is 20.7. The van der Waals surface area contributed by atoms with Gasteiger partial charge in [0.05, 0.1) is 43.0 Å². The summed E-state index contributed by atoms with van der Waals surface area (Å²) >= 11 is 18.0. The summed E-state index contributed by atoms with van der Waals surface area (Å²) in [5.41, 5.74) is 36.5. The van der Waals surface area contributed by atoms with Crippen molar-refractivity contribution >= 4 is 138 Å². The number of aliphatic carboxylic acids is 1. The molecule has 0 unspecified atom stereocenters. The van der Waals surface area contributed by atoms with E-state index in [4.69, 9.17) is 62.8 Å². The maximum absolute atomic E-state index is 12.5. The molecule has 23 nitrogen and oxygen atoms in total. The number of fused-ring (bicyclic) bond motifs is 3. The highest BCUT2D eigenvalue weighted by atomic mass is 35.5. The molecule has 12 rings (SSSR count). The lowest BCUT2D eigenvalue weighted by atomic mass is 10.0. The molecule has 460 valence electrons. The van der Waals surface area contributed by atoms with Gasteiger partial charge in [0.2, 0.25) is 5.82 Å². The summed E-state index contributed by atoms with van der Waals surface area (Å²) in [6, 6.07) is 32.3. The molecule has 0 radical (unpaired) electrons. The maximum atomic E-state index is 12.5. The predicted molar refractivity (Wildman–Crippen MR) is 357 cm³/mol. The van der Waals surface area contributed by atoms with E-state index < -0.39 is 5.97 Å². The van der Waals surface area contributed by atoms with E-state index in [1.165, 1.54) is 0 Å². The van der Waals surface area contributed by atoms with Gasteiger partial charge in [-0.05, 0) is 139 Å². The maximum Gasteiger partial charge on any atom is 0.352 e. The number of carbonyl (C=O) groups excluding carboxylic acids is 2. The van der Waals surface area contributed by atoms with E-state index in [0.29, 0.717) is 95.8 Å². The number of aryl methyl sites for hydroxylation is 4. The summed E-state index contributed by atoms with van der Waals surface area (Å²) in [5.74, 6) is 0.555. The van der Waals surface area contributed by atoms with E-state index in [0.717, 1.165) is 100 Å². The zero-order chi connectivity index (χ0) is 63.3. The van der Waals surface area contributed by atoms with Crippen molar-refractivity contribution in [2.45, 2.75) is 79.4 Å². The van der Waals surface area contributed by atoms with E-state index in [1.54, 1.807) is 36.8 Å². The van der Waals surface area contributed by atoms with Crippen LogP contribution in [-0.2, 0) is 48.5 Å². The number of carboxylic acids is 1. The summed E-state index contributed by atoms with van der Waals surface area (Å²) in [4.78, 5) is 65.3. The molecule has 0 fully saturated rings. The fraction of sp³-hybridized carbons (Fsp3) is 0.190. The largest absolute Gasteiger partial charge is 0.477 e. The molecule has 0 bridgehead atoms. The molecular formula is C63H61Cl4N19O4. The third-order valence-electron chi connectivity index (χ3n) is 14.0. The number of aromatic amines is 1. The first-order valence-corrected chi connectivity index (χ1v) is 28.8. The van der Waals surface area contributed by atoms with Crippen LogP contribution < -0.4 is 33.6 Å². The van der Waals surface area contributed by atoms with Crippen molar-refractivity contribution in [3.05, 3.63) is 204 Å². The SMILES string of the molecule is Cc1cc(N)nc(C)c1CNC(=O)C1=NN=C(Cc2ccc3ncc(Cl)cc3c2)C1.Cc1nc(N)ccc1CN.Cc1nc(N)ccc1CNC(=O)c1n[nH]c(Cc2ccc3ncc(Cl)cc3c2)n1.Cl.O=C(O)C1=NN=C(Cc2ccc3ncc(Cl)cc3c2)C1. The zero-order valence-electron chi connectivity index (χ0n) is 49.1. The first-order chi connectivity index (χ1) is 42.7. The average molecular weight is 1290 g/mol. The van der Waals surface area contributed by atoms with Crippen LogP contribution in [0.1, 0.15) is 85.3 Å². The number of H-pyrrole nitrogens is 1. The minimum absolute atomic E-state index is 0. The lowest BCUT2D eigenvalue weighted by molar-refractivity contribution is -0.129. The number of hydrogen-bond acceptors (Lipinski definition) is 19. The number of carbonyl (C=O) groups is 3. The Bertz CT molecular complexity index is 4460. The van der Waals surface area contributed by atoms with Crippen molar-refractivity contribution < 1.29 is 19.5 Å². The Morgan fingerprint density at radius 2 is 1.00 bits per heavy atom. The molecule has 0 spiro atoms. The van der Waals surface area contributed by atoms with Crippen LogP contribution in [0.3, 0.4) is 0 Å². The quantitative estimate of drug-likeness (QED) is 0.0502. The Morgan fingerprint density at radius 1 is 0.533 bits per heavy atom. The van der Waals surface area contributed by atoms with Gasteiger partial charge < -0.3 is 38.7 Å². The van der Waals surface area contributed by atoms with Gasteiger partial charge >= 0.3 is 5.97 Å². The molecule has 0 aliphatic carbocycles. The highest BCUT2D eigenvalue weighted by molar-refractivity contribution is 6.43. The number of nitrogens with two attached hydrogens (primary N) is 4. The molecule has 2 amide bonds. The van der Waals surface area contributed by atoms with Crippen molar-refractivity contribution in [2.24, 2.45) is 26.1 Å². The molecular weight excluding hydrogens is 1230 g/mol. The lowest BCUT2D eigenvalue weighted by Gasteiger charge is -2.11. The van der Waals surface area contributed by atoms with Crippen molar-refractivity contribution in [1.29, 1.82) is 0 Å². The Kier molecular flexibility index (Phi) is 22.3. The number of nitrogens with one attached hydrogen (secondary N) is 3. The van der Waals surface area contributed by atoms with Crippen LogP contribution in [0.4, 0.5) is 17.5 Å². The summed E-state index contributed by atoms with van der Waals surface area (Å²) in [5, 5.41) is 41.9. The monoisotopic (exact) mass is 1290 g/mol. The van der Waals surface area contributed by atoms with Gasteiger partial charge in [-0.1, -0.05) is 65.1 Å². The fourth-order valence-electron chi connectivity index (χ4n) is 9.46. The van der Waals surface area contributed by atoms with Gasteiger partial charge in [-0.25, -0.2) is 24.7 Å². The topological polar surface area (TPSA) is 368 Å². The van der Waals surface area contributed by atoms with Crippen LogP contribution in [0, 0.1) is 27.7 Å². The first-order valence-electron chi connectivity index (χ1n) is 27.7. The smallest absolute Gasteiger partial charge is 0.352 e. The number of nitrogen functional groups attached to an aromatic ring is 3. The van der Waals surface area contributed by atoms with E-state index in [9.17, 15) is 14.4 Å². The highest BCUT2D eigenvalue weighted by Crippen LogP contribution is 2.24. The molecule has 9 heterocycles. The molecule has 2 aliphatic rings. The number of halogens is 4. The van der Waals surface area contributed by atoms with Gasteiger partial charge in [0.25, 0.3) is 11.8 Å². The number of benzene rings is 3. The van der Waals surface area contributed by atoms with Gasteiger partial charge in [0.1, 0.15) is 29.0 Å². The number of hydrogen-bond donors (Lipinski definition) is 8. The fourth-order valence-corrected chi connectivity index (χ4v) is 9.96. The van der Waals surface area contributed by atoms with E-state index in [1.807, 2.05) is 113 Å². The molecule has 0 saturated carbocycles. The Labute approximate surface area is 537 Å². The molecule has 3 aromatic carbocycles. The Morgan fingerprint density at radius 3 is 1.48 bits per heavy atom. The highest BCUT2D eigenvalue weighted by Gasteiger charge is 2.22. The van der Waals surface area contributed by atoms with Gasteiger partial charge in [0.15, 0.2) is 5.71 Å². The van der Waals surface area contributed by atoms with Crippen molar-refractivity contribution in [3.63, 3.8) is 0 Å². The van der Waals surface area contributed by atoms with Crippen molar-refractivity contribution in [3.8, 4) is 0 Å². The number of nitrogens with zero attached hydrogens (tertiary/aromatic N) is 12. The van der Waals surface area contributed by atoms with Crippen LogP contribution in [0.15, 0.2) is 142 Å². The molecule has 12 N–H and O–H groups in total. The van der Waals surface area contributed by atoms with Crippen LogP contribution in [0.25, 0.3) is 32.7 Å². The predicted octanol–water partition coefficient (Wildman–Crippen LogP) is 9.92. The summed E-state index contributed by atoms with van der Waals surface area (Å²) in [6.45, 7) is 8.79. The number of aromatic nitrogens is 9. The number of rotatable bonds is 14. The van der Waals surface area contributed by atoms with Crippen LogP contribution in [0.2, 0.25) is 15.1 Å². The van der Waals surface area contributed by atoms with Crippen LogP contribution in [-0.4, -0.2) is 90.8 Å². The first kappa shape index (κ1) is 66.1. The van der Waals surface area contributed by atoms with Gasteiger partial charge in [-0.3, -0.25) is 29.6 Å². The van der Waals surface area contributed by atoms with E-state index in [2.05, 4.69) is 76.1 Å². The molecule has 2 aliphatic heterocycles. The Balaban J connectivity index is 0.000000163. The molecule has 90 heavy (non-hydrogen) atoms. The molecule has 0 saturated heterocycles. The zero-order valence-corrected chi connectivity index (χ0v) is 52.2. The summed E-state index contributed by atoms with van der Waals surface area (Å²) in [6.07, 6.45) is 7.27. The number of pyridine rings is 6. The van der Waals surface area contributed by atoms with Gasteiger partial charge in [-0.2, -0.15) is 10.2 Å². The van der Waals surface area contributed by atoms with Crippen molar-refractivity contribution in [1.82, 2.24) is 55.7 Å². The number of anilines is 3. The average Bonchev–Trinajstić information content (AvgIpc) is 3.06. The molecule has 10 aromatic rings. The van der Waals surface area contributed by atoms with E-state index >= 15 is 0 Å². The third-order valence-corrected chi connectivity index (χ3v) is 14.6. The lowest BCUT2D eigenvalue weighted by Crippen LogP contribution is -2.31. The summed E-state index contributed by atoms with van der Waals surface area (Å²) < 4.78 is 0. The number of amides is 2. The minimum atomic E-state index is -1.02. The third kappa shape index (κ3) is 17.9. The van der Waals surface area contributed by atoms with Gasteiger partial charge in [-0.15, -0.1) is 27.7 Å². The molecule has 27 heteroatoms. The van der Waals surface area contributed by atoms with Crippen LogP contribution in [0.5, 0.6) is 0 Å². The standard InChI is InChI=1S/C22H21ClN6O.C20H18ClN7O.C14H10ClN3O2.C7H11N3.ClH/c1-12-5-21(24)27-13(2)18(12)11-26-22(30)20-9-17(28-29-20)7-14-3-4-19-15(6-14)8-16(23)10-25-19;1-11-13(3-5-17(22)25-11)9-24-20(29)19-26-18(27-28-19)7-12-2-4-16-14(6-12)8-15(21)10-23-16;15-10-5-9-3-8(1-2-12(9)16-7-10)4-11-6-13(14(19)20)18-17-11;1-5-6(4-8)2-3-7(9)10-5;/h3-6,8,10H,7,9,11H2,1-2H3,(H2,24,27)(H,26,30);2-6,8,10H,7,9H2,1H3,(H2,22,25)(H,24,29)(H,26,27,28);1-3,5,7H,4,6H2,(H,19,20);2-3H,4,8H2,1H3,(H2,9,10);1H. The minimum Gasteiger partial charge on any atom is -0.477 e. The van der Waals surface area contributed by atoms with Crippen molar-refractivity contribution in [2.75, 3.05) is 17.2 Å². The normalized spacial score (nSPS) is 12.2. The van der Waals surface area contributed by atoms with E-state index in [-0.39, 0.29) is 35.8 Å². The number of carboxylic acid groups (broad SMARTS) is 1. The summed E-state index contributed by atoms with van der Waals surface area (Å²) in [7, 11) is 0. The van der Waals surface area contributed by atoms with Gasteiger partial charge in [0, 0.05) is 104 Å². The second kappa shape index (κ2) is 30.3. The second-order valence-corrected chi connectivity index (χ2v) is 22.0. The Hall–Kier alpha value is -9.91.